The van der Waals surface area contributed by atoms with Gasteiger partial charge in [-0.3, -0.25) is 0 Å². The molecule has 0 saturated heterocycles. The Bertz CT molecular complexity index is 410. The third-order valence-electron chi connectivity index (χ3n) is 4.61. The van der Waals surface area contributed by atoms with Crippen LogP contribution in [-0.4, -0.2) is 26.4 Å². The number of likely N-dealkylation sites (N-methyl/N-ethyl adjacent to an activating group) is 1. The summed E-state index contributed by atoms with van der Waals surface area (Å²) in [6.45, 7) is 2.90. The molecule has 0 aliphatic heterocycles. The Morgan fingerprint density at radius 3 is 2.33 bits per heavy atom. The van der Waals surface area contributed by atoms with Crippen LogP contribution in [0.25, 0.3) is 0 Å². The van der Waals surface area contributed by atoms with E-state index in [4.69, 9.17) is 9.47 Å². The van der Waals surface area contributed by atoms with Gasteiger partial charge in [-0.05, 0) is 44.0 Å². The van der Waals surface area contributed by atoms with Crippen LogP contribution >= 0.6 is 0 Å². The van der Waals surface area contributed by atoms with Crippen molar-refractivity contribution in [2.24, 2.45) is 0 Å². The molecule has 0 spiro atoms. The lowest BCUT2D eigenvalue weighted by Gasteiger charge is -2.42. The van der Waals surface area contributed by atoms with E-state index < -0.39 is 0 Å². The zero-order chi connectivity index (χ0) is 15.1. The van der Waals surface area contributed by atoms with Crippen molar-refractivity contribution in [1.82, 2.24) is 5.32 Å². The second kappa shape index (κ2) is 7.81. The molecule has 1 aromatic rings. The van der Waals surface area contributed by atoms with Crippen molar-refractivity contribution in [3.05, 3.63) is 29.8 Å². The van der Waals surface area contributed by atoms with Gasteiger partial charge in [-0.15, -0.1) is 0 Å². The van der Waals surface area contributed by atoms with E-state index in [0.29, 0.717) is 0 Å². The molecule has 0 radical (unpaired) electrons. The molecule has 1 unspecified atom stereocenters. The molecular weight excluding hydrogens is 262 g/mol. The lowest BCUT2D eigenvalue weighted by Crippen LogP contribution is -2.45. The van der Waals surface area contributed by atoms with Crippen LogP contribution in [0.15, 0.2) is 24.3 Å². The van der Waals surface area contributed by atoms with Crippen molar-refractivity contribution in [3.8, 4) is 5.75 Å². The fraction of sp³-hybridized carbons (Fsp3) is 0.667. The number of ether oxygens (including phenoxy) is 2. The molecule has 21 heavy (non-hydrogen) atoms. The molecule has 0 bridgehead atoms. The Morgan fingerprint density at radius 1 is 1.14 bits per heavy atom. The van der Waals surface area contributed by atoms with Crippen LogP contribution < -0.4 is 10.1 Å². The van der Waals surface area contributed by atoms with E-state index in [1.54, 1.807) is 0 Å². The molecule has 0 aromatic heterocycles. The highest BCUT2D eigenvalue weighted by molar-refractivity contribution is 5.31. The zero-order valence-electron chi connectivity index (χ0n) is 13.7. The second-order valence-electron chi connectivity index (χ2n) is 5.97. The standard InChI is InChI=1S/C18H29NO2/c1-4-14-21-16-10-8-15(9-11-16)17(19-2)18(20-3)12-6-5-7-13-18/h8-11,17,19H,4-7,12-14H2,1-3H3. The SMILES string of the molecule is CCCOc1ccc(C(NC)C2(OC)CCCCC2)cc1. The minimum Gasteiger partial charge on any atom is -0.494 e. The summed E-state index contributed by atoms with van der Waals surface area (Å²) in [5.74, 6) is 0.950. The second-order valence-corrected chi connectivity index (χ2v) is 5.97. The van der Waals surface area contributed by atoms with Gasteiger partial charge in [0.05, 0.1) is 18.2 Å². The van der Waals surface area contributed by atoms with Crippen molar-refractivity contribution in [1.29, 1.82) is 0 Å². The Balaban J connectivity index is 2.15. The first-order valence-electron chi connectivity index (χ1n) is 8.21. The number of methoxy groups -OCH3 is 1. The third kappa shape index (κ3) is 3.78. The van der Waals surface area contributed by atoms with Crippen molar-refractivity contribution in [2.75, 3.05) is 20.8 Å². The molecule has 118 valence electrons. The molecule has 1 aliphatic rings. The lowest BCUT2D eigenvalue weighted by molar-refractivity contribution is -0.0671. The minimum atomic E-state index is -0.0706. The smallest absolute Gasteiger partial charge is 0.119 e. The van der Waals surface area contributed by atoms with E-state index >= 15 is 0 Å². The fourth-order valence-electron chi connectivity index (χ4n) is 3.47. The van der Waals surface area contributed by atoms with Gasteiger partial charge >= 0.3 is 0 Å². The fourth-order valence-corrected chi connectivity index (χ4v) is 3.47. The molecule has 1 aromatic carbocycles. The van der Waals surface area contributed by atoms with Crippen LogP contribution in [0.4, 0.5) is 0 Å². The highest BCUT2D eigenvalue weighted by atomic mass is 16.5. The summed E-state index contributed by atoms with van der Waals surface area (Å²) in [6, 6.07) is 8.72. The first-order valence-corrected chi connectivity index (χ1v) is 8.21. The first kappa shape index (κ1) is 16.3. The van der Waals surface area contributed by atoms with Gasteiger partial charge in [0.1, 0.15) is 5.75 Å². The van der Waals surface area contributed by atoms with Gasteiger partial charge in [-0.1, -0.05) is 38.3 Å². The normalized spacial score (nSPS) is 19.2. The minimum absolute atomic E-state index is 0.0706. The van der Waals surface area contributed by atoms with Gasteiger partial charge in [0, 0.05) is 7.11 Å². The van der Waals surface area contributed by atoms with Gasteiger partial charge in [0.15, 0.2) is 0 Å². The van der Waals surface area contributed by atoms with E-state index in [1.165, 1.54) is 24.8 Å². The highest BCUT2D eigenvalue weighted by Gasteiger charge is 2.40. The summed E-state index contributed by atoms with van der Waals surface area (Å²) in [7, 11) is 3.88. The van der Waals surface area contributed by atoms with Crippen LogP contribution in [0.5, 0.6) is 5.75 Å². The maximum Gasteiger partial charge on any atom is 0.119 e. The van der Waals surface area contributed by atoms with Gasteiger partial charge < -0.3 is 14.8 Å². The molecule has 1 N–H and O–H groups in total. The highest BCUT2D eigenvalue weighted by Crippen LogP contribution is 2.41. The summed E-state index contributed by atoms with van der Waals surface area (Å²) in [4.78, 5) is 0. The molecule has 1 aliphatic carbocycles. The number of nitrogens with one attached hydrogen (secondary N) is 1. The average Bonchev–Trinajstić information content (AvgIpc) is 2.55. The molecule has 0 heterocycles. The van der Waals surface area contributed by atoms with E-state index in [0.717, 1.165) is 31.6 Å². The van der Waals surface area contributed by atoms with Gasteiger partial charge in [-0.2, -0.15) is 0 Å². The van der Waals surface area contributed by atoms with Crippen LogP contribution in [-0.2, 0) is 4.74 Å². The summed E-state index contributed by atoms with van der Waals surface area (Å²) >= 11 is 0. The first-order chi connectivity index (χ1) is 10.3. The largest absolute Gasteiger partial charge is 0.494 e. The number of benzene rings is 1. The molecular formula is C18H29NO2. The van der Waals surface area contributed by atoms with E-state index in [9.17, 15) is 0 Å². The van der Waals surface area contributed by atoms with Crippen molar-refractivity contribution in [3.63, 3.8) is 0 Å². The average molecular weight is 291 g/mol. The predicted molar refractivity (Wildman–Crippen MR) is 86.9 cm³/mol. The lowest BCUT2D eigenvalue weighted by atomic mass is 9.76. The topological polar surface area (TPSA) is 30.5 Å². The number of hydrogen-bond donors (Lipinski definition) is 1. The van der Waals surface area contributed by atoms with E-state index in [-0.39, 0.29) is 11.6 Å². The molecule has 2 rings (SSSR count). The van der Waals surface area contributed by atoms with Gasteiger partial charge in [0.2, 0.25) is 0 Å². The van der Waals surface area contributed by atoms with Crippen LogP contribution in [0.2, 0.25) is 0 Å². The molecule has 1 fully saturated rings. The van der Waals surface area contributed by atoms with Crippen molar-refractivity contribution < 1.29 is 9.47 Å². The van der Waals surface area contributed by atoms with E-state index in [1.807, 2.05) is 14.2 Å². The van der Waals surface area contributed by atoms with Crippen molar-refractivity contribution >= 4 is 0 Å². The molecule has 3 nitrogen and oxygen atoms in total. The monoisotopic (exact) mass is 291 g/mol. The molecule has 1 atom stereocenters. The predicted octanol–water partition coefficient (Wildman–Crippen LogP) is 4.09. The Labute approximate surface area is 129 Å². The van der Waals surface area contributed by atoms with Gasteiger partial charge in [0.25, 0.3) is 0 Å². The number of hydrogen-bond acceptors (Lipinski definition) is 3. The van der Waals surface area contributed by atoms with Crippen LogP contribution in [0.1, 0.15) is 57.1 Å². The molecule has 3 heteroatoms. The molecule has 1 saturated carbocycles. The summed E-state index contributed by atoms with van der Waals surface area (Å²) < 4.78 is 11.7. The van der Waals surface area contributed by atoms with Gasteiger partial charge in [-0.25, -0.2) is 0 Å². The summed E-state index contributed by atoms with van der Waals surface area (Å²) in [6.07, 6.45) is 7.12. The van der Waals surface area contributed by atoms with Crippen molar-refractivity contribution in [2.45, 2.75) is 57.1 Å². The summed E-state index contributed by atoms with van der Waals surface area (Å²) in [5.41, 5.74) is 1.21. The summed E-state index contributed by atoms with van der Waals surface area (Å²) in [5, 5.41) is 3.48. The number of rotatable bonds is 7. The maximum atomic E-state index is 5.99. The Morgan fingerprint density at radius 2 is 1.81 bits per heavy atom. The van der Waals surface area contributed by atoms with Crippen LogP contribution in [0, 0.1) is 0 Å². The van der Waals surface area contributed by atoms with E-state index in [2.05, 4.69) is 36.5 Å². The van der Waals surface area contributed by atoms with Crippen LogP contribution in [0.3, 0.4) is 0 Å². The zero-order valence-corrected chi connectivity index (χ0v) is 13.7. The third-order valence-corrected chi connectivity index (χ3v) is 4.61. The maximum absolute atomic E-state index is 5.99. The molecule has 0 amide bonds. The Hall–Kier alpha value is -1.06. The Kier molecular flexibility index (Phi) is 6.07. The quantitative estimate of drug-likeness (QED) is 0.821.